The maximum absolute atomic E-state index is 12.3. The van der Waals surface area contributed by atoms with Gasteiger partial charge in [-0.25, -0.2) is 0 Å². The molecule has 0 radical (unpaired) electrons. The standard InChI is InChI=1S/C19H21NO5/c1-13(11-23-15-9-7-14(22-2)8-10-15)20-19(21)18-12-24-16-5-3-4-6-17(16)25-18/h3-10,13,18H,11-12H2,1-2H3,(H,20,21). The Morgan fingerprint density at radius 3 is 2.56 bits per heavy atom. The molecule has 2 aromatic rings. The number of carbonyl (C=O) groups is 1. The Morgan fingerprint density at radius 2 is 1.84 bits per heavy atom. The van der Waals surface area contributed by atoms with Crippen LogP contribution in [0.15, 0.2) is 48.5 Å². The van der Waals surface area contributed by atoms with E-state index in [-0.39, 0.29) is 18.6 Å². The molecule has 0 saturated heterocycles. The minimum atomic E-state index is -0.668. The monoisotopic (exact) mass is 343 g/mol. The first-order valence-electron chi connectivity index (χ1n) is 8.11. The minimum absolute atomic E-state index is 0.171. The van der Waals surface area contributed by atoms with Crippen LogP contribution in [0.5, 0.6) is 23.0 Å². The van der Waals surface area contributed by atoms with Crippen molar-refractivity contribution in [3.63, 3.8) is 0 Å². The quantitative estimate of drug-likeness (QED) is 0.873. The van der Waals surface area contributed by atoms with Gasteiger partial charge in [-0.2, -0.15) is 0 Å². The van der Waals surface area contributed by atoms with E-state index in [1.165, 1.54) is 0 Å². The summed E-state index contributed by atoms with van der Waals surface area (Å²) >= 11 is 0. The van der Waals surface area contributed by atoms with Crippen LogP contribution in [-0.2, 0) is 4.79 Å². The van der Waals surface area contributed by atoms with E-state index in [2.05, 4.69) is 5.32 Å². The predicted octanol–water partition coefficient (Wildman–Crippen LogP) is 2.42. The van der Waals surface area contributed by atoms with Crippen molar-refractivity contribution in [2.75, 3.05) is 20.3 Å². The van der Waals surface area contributed by atoms with Crippen LogP contribution in [0.3, 0.4) is 0 Å². The van der Waals surface area contributed by atoms with Crippen molar-refractivity contribution in [1.82, 2.24) is 5.32 Å². The van der Waals surface area contributed by atoms with Crippen LogP contribution in [0, 0.1) is 0 Å². The molecule has 0 aliphatic carbocycles. The summed E-state index contributed by atoms with van der Waals surface area (Å²) in [6.07, 6.45) is -0.668. The van der Waals surface area contributed by atoms with Crippen LogP contribution in [0.1, 0.15) is 6.92 Å². The summed E-state index contributed by atoms with van der Waals surface area (Å²) in [6.45, 7) is 2.41. The molecule has 3 rings (SSSR count). The van der Waals surface area contributed by atoms with Crippen molar-refractivity contribution in [3.8, 4) is 23.0 Å². The summed E-state index contributed by atoms with van der Waals surface area (Å²) in [5, 5.41) is 2.88. The Hall–Kier alpha value is -2.89. The van der Waals surface area contributed by atoms with Gasteiger partial charge in [-0.1, -0.05) is 12.1 Å². The van der Waals surface area contributed by atoms with Gasteiger partial charge in [-0.3, -0.25) is 4.79 Å². The zero-order valence-corrected chi connectivity index (χ0v) is 14.2. The molecule has 6 nitrogen and oxygen atoms in total. The van der Waals surface area contributed by atoms with Gasteiger partial charge in [0, 0.05) is 0 Å². The second-order valence-electron chi connectivity index (χ2n) is 5.76. The Balaban J connectivity index is 1.47. The molecule has 0 bridgehead atoms. The number of para-hydroxylation sites is 2. The number of benzene rings is 2. The van der Waals surface area contributed by atoms with E-state index in [9.17, 15) is 4.79 Å². The number of amides is 1. The molecule has 1 N–H and O–H groups in total. The van der Waals surface area contributed by atoms with E-state index in [0.717, 1.165) is 5.75 Å². The lowest BCUT2D eigenvalue weighted by Crippen LogP contribution is -2.48. The first-order valence-corrected chi connectivity index (χ1v) is 8.11. The highest BCUT2D eigenvalue weighted by Gasteiger charge is 2.28. The summed E-state index contributed by atoms with van der Waals surface area (Å²) in [5.41, 5.74) is 0. The van der Waals surface area contributed by atoms with E-state index < -0.39 is 6.10 Å². The topological polar surface area (TPSA) is 66.0 Å². The van der Waals surface area contributed by atoms with Gasteiger partial charge in [0.15, 0.2) is 11.5 Å². The summed E-state index contributed by atoms with van der Waals surface area (Å²) in [6, 6.07) is 14.4. The van der Waals surface area contributed by atoms with Crippen LogP contribution < -0.4 is 24.3 Å². The summed E-state index contributed by atoms with van der Waals surface area (Å²) in [7, 11) is 1.61. The molecule has 2 atom stereocenters. The molecule has 6 heteroatoms. The maximum atomic E-state index is 12.3. The van der Waals surface area contributed by atoms with Gasteiger partial charge in [0.25, 0.3) is 5.91 Å². The number of hydrogen-bond donors (Lipinski definition) is 1. The number of hydrogen-bond acceptors (Lipinski definition) is 5. The van der Waals surface area contributed by atoms with Crippen molar-refractivity contribution >= 4 is 5.91 Å². The molecular weight excluding hydrogens is 322 g/mol. The minimum Gasteiger partial charge on any atom is -0.497 e. The zero-order chi connectivity index (χ0) is 17.6. The Bertz CT molecular complexity index is 716. The lowest BCUT2D eigenvalue weighted by Gasteiger charge is -2.26. The smallest absolute Gasteiger partial charge is 0.265 e. The van der Waals surface area contributed by atoms with Gasteiger partial charge in [0.2, 0.25) is 6.10 Å². The van der Waals surface area contributed by atoms with Crippen LogP contribution in [0.4, 0.5) is 0 Å². The molecule has 132 valence electrons. The number of rotatable bonds is 6. The van der Waals surface area contributed by atoms with E-state index in [1.54, 1.807) is 13.2 Å². The third kappa shape index (κ3) is 4.35. The molecule has 1 amide bonds. The molecule has 0 spiro atoms. The number of methoxy groups -OCH3 is 1. The van der Waals surface area contributed by atoms with Crippen LogP contribution in [0.2, 0.25) is 0 Å². The first kappa shape index (κ1) is 17.0. The van der Waals surface area contributed by atoms with E-state index in [4.69, 9.17) is 18.9 Å². The first-order chi connectivity index (χ1) is 12.2. The van der Waals surface area contributed by atoms with Crippen molar-refractivity contribution in [2.24, 2.45) is 0 Å². The summed E-state index contributed by atoms with van der Waals surface area (Å²) in [5.74, 6) is 2.50. The number of fused-ring (bicyclic) bond motifs is 1. The molecule has 0 fully saturated rings. The highest BCUT2D eigenvalue weighted by molar-refractivity contribution is 5.82. The average molecular weight is 343 g/mol. The van der Waals surface area contributed by atoms with Crippen LogP contribution >= 0.6 is 0 Å². The van der Waals surface area contributed by atoms with Gasteiger partial charge in [-0.05, 0) is 43.3 Å². The maximum Gasteiger partial charge on any atom is 0.265 e. The lowest BCUT2D eigenvalue weighted by molar-refractivity contribution is -0.131. The normalized spacial score (nSPS) is 16.6. The number of carbonyl (C=O) groups excluding carboxylic acids is 1. The third-order valence-corrected chi connectivity index (χ3v) is 3.75. The van der Waals surface area contributed by atoms with Gasteiger partial charge in [0.05, 0.1) is 13.2 Å². The second-order valence-corrected chi connectivity index (χ2v) is 5.76. The molecule has 0 aromatic heterocycles. The molecule has 2 unspecified atom stereocenters. The average Bonchev–Trinajstić information content (AvgIpc) is 2.66. The van der Waals surface area contributed by atoms with Crippen molar-refractivity contribution in [3.05, 3.63) is 48.5 Å². The largest absolute Gasteiger partial charge is 0.497 e. The third-order valence-electron chi connectivity index (χ3n) is 3.75. The van der Waals surface area contributed by atoms with E-state index in [1.807, 2.05) is 49.4 Å². The predicted molar refractivity (Wildman–Crippen MR) is 92.4 cm³/mol. The zero-order valence-electron chi connectivity index (χ0n) is 14.2. The molecular formula is C19H21NO5. The van der Waals surface area contributed by atoms with Gasteiger partial charge in [-0.15, -0.1) is 0 Å². The van der Waals surface area contributed by atoms with E-state index >= 15 is 0 Å². The SMILES string of the molecule is COc1ccc(OCC(C)NC(=O)C2COc3ccccc3O2)cc1. The fourth-order valence-electron chi connectivity index (χ4n) is 2.42. The molecule has 0 saturated carbocycles. The van der Waals surface area contributed by atoms with Crippen LogP contribution in [-0.4, -0.2) is 38.4 Å². The number of nitrogens with one attached hydrogen (secondary N) is 1. The molecule has 1 heterocycles. The number of ether oxygens (including phenoxy) is 4. The second kappa shape index (κ2) is 7.79. The molecule has 25 heavy (non-hydrogen) atoms. The van der Waals surface area contributed by atoms with Gasteiger partial charge < -0.3 is 24.3 Å². The van der Waals surface area contributed by atoms with Crippen LogP contribution in [0.25, 0.3) is 0 Å². The fraction of sp³-hybridized carbons (Fsp3) is 0.316. The molecule has 2 aromatic carbocycles. The van der Waals surface area contributed by atoms with Crippen molar-refractivity contribution < 1.29 is 23.7 Å². The highest BCUT2D eigenvalue weighted by atomic mass is 16.6. The Labute approximate surface area is 146 Å². The van der Waals surface area contributed by atoms with Gasteiger partial charge >= 0.3 is 0 Å². The lowest BCUT2D eigenvalue weighted by atomic mass is 10.2. The molecule has 1 aliphatic rings. The Kier molecular flexibility index (Phi) is 5.28. The summed E-state index contributed by atoms with van der Waals surface area (Å²) < 4.78 is 22.0. The summed E-state index contributed by atoms with van der Waals surface area (Å²) in [4.78, 5) is 12.3. The Morgan fingerprint density at radius 1 is 1.16 bits per heavy atom. The van der Waals surface area contributed by atoms with Gasteiger partial charge in [0.1, 0.15) is 24.7 Å². The van der Waals surface area contributed by atoms with Crippen molar-refractivity contribution in [1.29, 1.82) is 0 Å². The van der Waals surface area contributed by atoms with Crippen molar-refractivity contribution in [2.45, 2.75) is 19.1 Å². The molecule has 1 aliphatic heterocycles. The highest BCUT2D eigenvalue weighted by Crippen LogP contribution is 2.30. The fourth-order valence-corrected chi connectivity index (χ4v) is 2.42. The van der Waals surface area contributed by atoms with E-state index in [0.29, 0.717) is 23.9 Å².